The number of carbonyl (C=O) groups excluding carboxylic acids is 1. The predicted octanol–water partition coefficient (Wildman–Crippen LogP) is 0.617. The van der Waals surface area contributed by atoms with Gasteiger partial charge in [-0.2, -0.15) is 0 Å². The Kier molecular flexibility index (Phi) is 6.61. The fourth-order valence-electron chi connectivity index (χ4n) is 0.655. The summed E-state index contributed by atoms with van der Waals surface area (Å²) < 4.78 is 4.82. The van der Waals surface area contributed by atoms with E-state index in [9.17, 15) is 4.79 Å². The van der Waals surface area contributed by atoms with Gasteiger partial charge in [-0.25, -0.2) is 9.63 Å². The lowest BCUT2D eigenvalue weighted by Gasteiger charge is -2.21. The molecule has 0 unspecified atom stereocenters. The van der Waals surface area contributed by atoms with E-state index < -0.39 is 6.09 Å². The van der Waals surface area contributed by atoms with Gasteiger partial charge in [-0.05, 0) is 25.6 Å². The molecule has 0 atom stereocenters. The molecule has 0 saturated heterocycles. The Balaban J connectivity index is 3.49. The molecule has 0 spiro atoms. The molecule has 0 heterocycles. The van der Waals surface area contributed by atoms with Gasteiger partial charge < -0.3 is 15.2 Å². The molecule has 0 aromatic heterocycles. The third kappa shape index (κ3) is 6.94. The molecular formula is C8H17ClN2O3. The quantitative estimate of drug-likeness (QED) is 0.579. The van der Waals surface area contributed by atoms with Crippen LogP contribution in [0.2, 0.25) is 0 Å². The van der Waals surface area contributed by atoms with Crippen molar-refractivity contribution in [2.45, 2.75) is 25.8 Å². The summed E-state index contributed by atoms with van der Waals surface area (Å²) in [6.07, 6.45) is 0.0904. The molecule has 0 aromatic rings. The summed E-state index contributed by atoms with van der Waals surface area (Å²) in [6, 6.07) is 0. The number of aliphatic hydroxyl groups is 1. The maximum absolute atomic E-state index is 10.9. The zero-order chi connectivity index (χ0) is 11.0. The van der Waals surface area contributed by atoms with E-state index in [2.05, 4.69) is 10.2 Å². The van der Waals surface area contributed by atoms with Gasteiger partial charge in [-0.15, -0.1) is 0 Å². The Morgan fingerprint density at radius 2 is 2.21 bits per heavy atom. The van der Waals surface area contributed by atoms with Gasteiger partial charge in [0, 0.05) is 18.5 Å². The molecule has 6 heteroatoms. The van der Waals surface area contributed by atoms with Gasteiger partial charge in [0.2, 0.25) is 0 Å². The second-order valence-electron chi connectivity index (χ2n) is 3.51. The molecule has 0 aliphatic heterocycles. The van der Waals surface area contributed by atoms with Gasteiger partial charge in [0.25, 0.3) is 0 Å². The third-order valence-electron chi connectivity index (χ3n) is 1.60. The summed E-state index contributed by atoms with van der Waals surface area (Å²) in [5.41, 5.74) is -0.265. The number of carbonyl (C=O) groups is 1. The average Bonchev–Trinajstić information content (AvgIpc) is 2.14. The smallest absolute Gasteiger partial charge is 0.407 e. The van der Waals surface area contributed by atoms with E-state index in [1.54, 1.807) is 0 Å². The summed E-state index contributed by atoms with van der Waals surface area (Å²) in [5, 5.41) is 10.8. The number of alkyl carbamates (subject to hydrolysis) is 1. The minimum Gasteiger partial charge on any atom is -0.449 e. The normalized spacial score (nSPS) is 11.1. The Morgan fingerprint density at radius 1 is 1.57 bits per heavy atom. The van der Waals surface area contributed by atoms with Gasteiger partial charge in [-0.1, -0.05) is 0 Å². The van der Waals surface area contributed by atoms with E-state index in [0.717, 1.165) is 0 Å². The zero-order valence-corrected chi connectivity index (χ0v) is 9.23. The van der Waals surface area contributed by atoms with Crippen LogP contribution in [0.25, 0.3) is 0 Å². The molecule has 3 N–H and O–H groups in total. The first kappa shape index (κ1) is 13.5. The van der Waals surface area contributed by atoms with Crippen molar-refractivity contribution in [2.24, 2.45) is 0 Å². The summed E-state index contributed by atoms with van der Waals surface area (Å²) in [6.45, 7) is 4.19. The fraction of sp³-hybridized carbons (Fsp3) is 0.875. The molecule has 0 aliphatic carbocycles. The first-order valence-corrected chi connectivity index (χ1v) is 4.79. The highest BCUT2D eigenvalue weighted by atomic mass is 35.5. The molecule has 0 bridgehead atoms. The van der Waals surface area contributed by atoms with Crippen LogP contribution in [0, 0.1) is 0 Å². The number of amides is 1. The maximum atomic E-state index is 10.9. The van der Waals surface area contributed by atoms with Crippen molar-refractivity contribution in [3.63, 3.8) is 0 Å². The predicted molar refractivity (Wildman–Crippen MR) is 54.1 cm³/mol. The molecule has 0 radical (unpaired) electrons. The van der Waals surface area contributed by atoms with Gasteiger partial charge in [0.1, 0.15) is 0 Å². The number of halogens is 1. The number of hydrogen-bond donors (Lipinski definition) is 3. The standard InChI is InChI=1S/C8H17ClN2O3/c1-8(2,11-9)3-6-14-7(13)10-4-5-12/h11-12H,3-6H2,1-2H3,(H,10,13). The zero-order valence-electron chi connectivity index (χ0n) is 8.47. The molecular weight excluding hydrogens is 208 g/mol. The summed E-state index contributed by atoms with van der Waals surface area (Å²) in [4.78, 5) is 13.5. The Bertz CT molecular complexity index is 176. The van der Waals surface area contributed by atoms with Crippen molar-refractivity contribution in [2.75, 3.05) is 19.8 Å². The van der Waals surface area contributed by atoms with Crippen molar-refractivity contribution in [1.29, 1.82) is 0 Å². The second kappa shape index (κ2) is 6.86. The topological polar surface area (TPSA) is 70.6 Å². The number of ether oxygens (including phenoxy) is 1. The van der Waals surface area contributed by atoms with E-state index >= 15 is 0 Å². The Hall–Kier alpha value is -0.520. The van der Waals surface area contributed by atoms with Crippen LogP contribution in [-0.4, -0.2) is 36.5 Å². The highest BCUT2D eigenvalue weighted by molar-refractivity contribution is 6.13. The van der Waals surface area contributed by atoms with E-state index in [4.69, 9.17) is 21.6 Å². The van der Waals surface area contributed by atoms with Crippen molar-refractivity contribution < 1.29 is 14.6 Å². The van der Waals surface area contributed by atoms with Crippen LogP contribution in [0.3, 0.4) is 0 Å². The minimum absolute atomic E-state index is 0.0934. The van der Waals surface area contributed by atoms with Crippen molar-refractivity contribution in [1.82, 2.24) is 10.2 Å². The first-order valence-electron chi connectivity index (χ1n) is 4.41. The molecule has 84 valence electrons. The average molecular weight is 225 g/mol. The Labute approximate surface area is 88.9 Å². The number of aliphatic hydroxyl groups excluding tert-OH is 1. The van der Waals surface area contributed by atoms with Crippen molar-refractivity contribution in [3.05, 3.63) is 0 Å². The monoisotopic (exact) mass is 224 g/mol. The van der Waals surface area contributed by atoms with E-state index in [-0.39, 0.29) is 25.3 Å². The van der Waals surface area contributed by atoms with Gasteiger partial charge in [0.15, 0.2) is 0 Å². The number of nitrogens with one attached hydrogen (secondary N) is 2. The molecule has 5 nitrogen and oxygen atoms in total. The lowest BCUT2D eigenvalue weighted by Crippen LogP contribution is -2.35. The molecule has 0 aromatic carbocycles. The van der Waals surface area contributed by atoms with Crippen LogP contribution in [-0.2, 0) is 4.74 Å². The lowest BCUT2D eigenvalue weighted by atomic mass is 10.0. The van der Waals surface area contributed by atoms with Crippen LogP contribution < -0.4 is 10.2 Å². The highest BCUT2D eigenvalue weighted by Gasteiger charge is 2.16. The third-order valence-corrected chi connectivity index (χ3v) is 2.11. The van der Waals surface area contributed by atoms with Gasteiger partial charge >= 0.3 is 6.09 Å². The highest BCUT2D eigenvalue weighted by Crippen LogP contribution is 2.08. The van der Waals surface area contributed by atoms with Crippen LogP contribution in [0.1, 0.15) is 20.3 Å². The molecule has 0 aliphatic rings. The van der Waals surface area contributed by atoms with Crippen LogP contribution in [0.15, 0.2) is 0 Å². The fourth-order valence-corrected chi connectivity index (χ4v) is 0.750. The first-order chi connectivity index (χ1) is 6.52. The molecule has 0 rings (SSSR count). The van der Waals surface area contributed by atoms with Gasteiger partial charge in [-0.3, -0.25) is 0 Å². The lowest BCUT2D eigenvalue weighted by molar-refractivity contribution is 0.134. The summed E-state index contributed by atoms with van der Waals surface area (Å²) in [5.74, 6) is 0. The second-order valence-corrected chi connectivity index (χ2v) is 3.70. The SMILES string of the molecule is CC(C)(CCOC(=O)NCCO)NCl. The molecule has 0 fully saturated rings. The molecule has 14 heavy (non-hydrogen) atoms. The van der Waals surface area contributed by atoms with Crippen LogP contribution >= 0.6 is 11.8 Å². The van der Waals surface area contributed by atoms with E-state index in [0.29, 0.717) is 6.42 Å². The van der Waals surface area contributed by atoms with Crippen molar-refractivity contribution in [3.8, 4) is 0 Å². The summed E-state index contributed by atoms with van der Waals surface area (Å²) >= 11 is 5.45. The largest absolute Gasteiger partial charge is 0.449 e. The number of rotatable bonds is 6. The molecule has 0 saturated carbocycles. The maximum Gasteiger partial charge on any atom is 0.407 e. The van der Waals surface area contributed by atoms with E-state index in [1.165, 1.54) is 0 Å². The number of hydrogen-bond acceptors (Lipinski definition) is 4. The Morgan fingerprint density at radius 3 is 2.71 bits per heavy atom. The van der Waals surface area contributed by atoms with E-state index in [1.807, 2.05) is 13.8 Å². The summed E-state index contributed by atoms with van der Waals surface area (Å²) in [7, 11) is 0. The van der Waals surface area contributed by atoms with Crippen molar-refractivity contribution >= 4 is 17.9 Å². The van der Waals surface area contributed by atoms with Crippen LogP contribution in [0.5, 0.6) is 0 Å². The molecule has 1 amide bonds. The minimum atomic E-state index is -0.524. The van der Waals surface area contributed by atoms with Gasteiger partial charge in [0.05, 0.1) is 13.2 Å². The van der Waals surface area contributed by atoms with Crippen LogP contribution in [0.4, 0.5) is 4.79 Å².